The van der Waals surface area contributed by atoms with E-state index in [0.717, 1.165) is 0 Å². The van der Waals surface area contributed by atoms with Crippen molar-refractivity contribution in [1.29, 1.82) is 5.26 Å². The summed E-state index contributed by atoms with van der Waals surface area (Å²) in [4.78, 5) is 0.707. The van der Waals surface area contributed by atoms with E-state index >= 15 is 0 Å². The van der Waals surface area contributed by atoms with Crippen LogP contribution in [0, 0.1) is 11.3 Å². The molecule has 0 aliphatic heterocycles. The van der Waals surface area contributed by atoms with Gasteiger partial charge in [-0.3, -0.25) is 0 Å². The summed E-state index contributed by atoms with van der Waals surface area (Å²) in [6, 6.07) is 12.9. The maximum atomic E-state index is 12.5. The lowest BCUT2D eigenvalue weighted by Gasteiger charge is -2.26. The van der Waals surface area contributed by atoms with Gasteiger partial charge in [0.05, 0.1) is 16.5 Å². The van der Waals surface area contributed by atoms with Crippen LogP contribution in [-0.2, 0) is 15.6 Å². The van der Waals surface area contributed by atoms with Crippen LogP contribution in [0.25, 0.3) is 0 Å². The van der Waals surface area contributed by atoms with E-state index in [9.17, 15) is 13.5 Å². The Balaban J connectivity index is 1.87. The van der Waals surface area contributed by atoms with Gasteiger partial charge in [0.1, 0.15) is 5.60 Å². The predicted molar refractivity (Wildman–Crippen MR) is 98.0 cm³/mol. The number of benzene rings is 1. The SMILES string of the molecule is N#Cc1ccc(S(=O)(=O)NC[C@@](O)(c2ccsc2)c2cccs2)cc1. The van der Waals surface area contributed by atoms with Crippen molar-refractivity contribution >= 4 is 32.7 Å². The summed E-state index contributed by atoms with van der Waals surface area (Å²) in [7, 11) is -3.81. The first kappa shape index (κ1) is 17.8. The molecule has 1 aromatic carbocycles. The first-order valence-corrected chi connectivity index (χ1v) is 10.6. The third kappa shape index (κ3) is 3.66. The van der Waals surface area contributed by atoms with Gasteiger partial charge in [0.2, 0.25) is 10.0 Å². The van der Waals surface area contributed by atoms with Crippen molar-refractivity contribution in [2.75, 3.05) is 6.54 Å². The average molecular weight is 391 g/mol. The lowest BCUT2D eigenvalue weighted by atomic mass is 9.95. The number of nitrogens with one attached hydrogen (secondary N) is 1. The highest BCUT2D eigenvalue weighted by Crippen LogP contribution is 2.33. The van der Waals surface area contributed by atoms with Crippen molar-refractivity contribution in [1.82, 2.24) is 4.72 Å². The van der Waals surface area contributed by atoms with E-state index in [1.165, 1.54) is 46.9 Å². The third-order valence-corrected chi connectivity index (χ3v) is 6.86. The molecule has 25 heavy (non-hydrogen) atoms. The standard InChI is InChI=1S/C17H14N2O3S3/c18-10-13-3-5-15(6-4-13)25(21,22)19-12-17(20,14-7-9-23-11-14)16-2-1-8-24-16/h1-9,11,19-20H,12H2/t17-/m1/s1. The molecule has 2 aromatic heterocycles. The molecule has 2 N–H and O–H groups in total. The summed E-state index contributed by atoms with van der Waals surface area (Å²) in [5.41, 5.74) is -0.414. The maximum Gasteiger partial charge on any atom is 0.240 e. The Morgan fingerprint density at radius 2 is 1.92 bits per heavy atom. The van der Waals surface area contributed by atoms with Gasteiger partial charge in [-0.15, -0.1) is 11.3 Å². The third-order valence-electron chi connectivity index (χ3n) is 3.74. The first-order chi connectivity index (χ1) is 12.0. The Labute approximate surface area is 153 Å². The van der Waals surface area contributed by atoms with Gasteiger partial charge in [-0.2, -0.15) is 16.6 Å². The smallest absolute Gasteiger partial charge is 0.240 e. The largest absolute Gasteiger partial charge is 0.378 e. The van der Waals surface area contributed by atoms with Crippen LogP contribution >= 0.6 is 22.7 Å². The Morgan fingerprint density at radius 3 is 2.48 bits per heavy atom. The zero-order valence-corrected chi connectivity index (χ0v) is 15.4. The molecule has 128 valence electrons. The molecule has 8 heteroatoms. The van der Waals surface area contributed by atoms with E-state index in [1.54, 1.807) is 17.5 Å². The molecular weight excluding hydrogens is 376 g/mol. The molecule has 0 fully saturated rings. The van der Waals surface area contributed by atoms with Gasteiger partial charge in [-0.1, -0.05) is 6.07 Å². The minimum Gasteiger partial charge on any atom is -0.378 e. The van der Waals surface area contributed by atoms with E-state index in [2.05, 4.69) is 4.72 Å². The summed E-state index contributed by atoms with van der Waals surface area (Å²) in [6.45, 7) is -0.188. The molecule has 5 nitrogen and oxygen atoms in total. The lowest BCUT2D eigenvalue weighted by molar-refractivity contribution is 0.0903. The number of rotatable bonds is 6. The van der Waals surface area contributed by atoms with E-state index in [0.29, 0.717) is 16.0 Å². The van der Waals surface area contributed by atoms with Crippen molar-refractivity contribution in [2.45, 2.75) is 10.5 Å². The monoisotopic (exact) mass is 390 g/mol. The summed E-state index contributed by atoms with van der Waals surface area (Å²) >= 11 is 2.80. The zero-order valence-electron chi connectivity index (χ0n) is 12.9. The van der Waals surface area contributed by atoms with Crippen molar-refractivity contribution in [3.05, 3.63) is 74.6 Å². The molecule has 0 saturated carbocycles. The van der Waals surface area contributed by atoms with Crippen LogP contribution in [0.5, 0.6) is 0 Å². The molecule has 3 rings (SSSR count). The van der Waals surface area contributed by atoms with Crippen LogP contribution in [0.15, 0.2) is 63.5 Å². The van der Waals surface area contributed by atoms with E-state index in [4.69, 9.17) is 5.26 Å². The summed E-state index contributed by atoms with van der Waals surface area (Å²) in [5.74, 6) is 0. The molecule has 0 spiro atoms. The molecule has 0 amide bonds. The number of hydrogen-bond donors (Lipinski definition) is 2. The second kappa shape index (κ2) is 7.07. The van der Waals surface area contributed by atoms with Crippen LogP contribution in [0.2, 0.25) is 0 Å². The number of sulfonamides is 1. The molecule has 0 saturated heterocycles. The second-order valence-electron chi connectivity index (χ2n) is 5.31. The molecular formula is C17H14N2O3S3. The lowest BCUT2D eigenvalue weighted by Crippen LogP contribution is -2.40. The second-order valence-corrected chi connectivity index (χ2v) is 8.81. The van der Waals surface area contributed by atoms with E-state index < -0.39 is 15.6 Å². The molecule has 0 aliphatic rings. The molecule has 0 aliphatic carbocycles. The Hall–Kier alpha value is -2.02. The van der Waals surface area contributed by atoms with E-state index in [1.807, 2.05) is 22.9 Å². The minimum atomic E-state index is -3.81. The van der Waals surface area contributed by atoms with Crippen LogP contribution in [-0.4, -0.2) is 20.1 Å². The van der Waals surface area contributed by atoms with Crippen molar-refractivity contribution in [3.8, 4) is 6.07 Å². The highest BCUT2D eigenvalue weighted by Gasteiger charge is 2.34. The summed E-state index contributed by atoms with van der Waals surface area (Å²) < 4.78 is 27.5. The highest BCUT2D eigenvalue weighted by molar-refractivity contribution is 7.89. The fourth-order valence-electron chi connectivity index (χ4n) is 2.34. The van der Waals surface area contributed by atoms with Gasteiger partial charge < -0.3 is 5.11 Å². The Kier molecular flexibility index (Phi) is 5.03. The minimum absolute atomic E-state index is 0.0466. The molecule has 0 radical (unpaired) electrons. The maximum absolute atomic E-state index is 12.5. The molecule has 3 aromatic rings. The van der Waals surface area contributed by atoms with Crippen LogP contribution in [0.4, 0.5) is 0 Å². The summed E-state index contributed by atoms with van der Waals surface area (Å²) in [6.07, 6.45) is 0. The normalized spacial score (nSPS) is 13.9. The number of nitrogens with zero attached hydrogens (tertiary/aromatic N) is 1. The van der Waals surface area contributed by atoms with Gasteiger partial charge in [-0.25, -0.2) is 13.1 Å². The van der Waals surface area contributed by atoms with Crippen LogP contribution < -0.4 is 4.72 Å². The number of nitriles is 1. The summed E-state index contributed by atoms with van der Waals surface area (Å²) in [5, 5.41) is 25.5. The van der Waals surface area contributed by atoms with E-state index in [-0.39, 0.29) is 11.4 Å². The topological polar surface area (TPSA) is 90.2 Å². The number of aliphatic hydroxyl groups is 1. The molecule has 2 heterocycles. The predicted octanol–water partition coefficient (Wildman–Crippen LogP) is 2.90. The molecule has 0 unspecified atom stereocenters. The quantitative estimate of drug-likeness (QED) is 0.677. The van der Waals surface area contributed by atoms with Crippen molar-refractivity contribution < 1.29 is 13.5 Å². The first-order valence-electron chi connectivity index (χ1n) is 7.24. The van der Waals surface area contributed by atoms with Crippen molar-refractivity contribution in [2.24, 2.45) is 0 Å². The Morgan fingerprint density at radius 1 is 1.16 bits per heavy atom. The fraction of sp³-hybridized carbons (Fsp3) is 0.118. The van der Waals surface area contributed by atoms with Gasteiger partial charge in [0.25, 0.3) is 0 Å². The van der Waals surface area contributed by atoms with Crippen LogP contribution in [0.1, 0.15) is 16.0 Å². The van der Waals surface area contributed by atoms with Gasteiger partial charge in [0, 0.05) is 17.0 Å². The van der Waals surface area contributed by atoms with Crippen LogP contribution in [0.3, 0.4) is 0 Å². The van der Waals surface area contributed by atoms with Gasteiger partial charge >= 0.3 is 0 Å². The van der Waals surface area contributed by atoms with Crippen molar-refractivity contribution in [3.63, 3.8) is 0 Å². The van der Waals surface area contributed by atoms with Gasteiger partial charge in [-0.05, 0) is 52.5 Å². The highest BCUT2D eigenvalue weighted by atomic mass is 32.2. The number of hydrogen-bond acceptors (Lipinski definition) is 6. The molecule has 1 atom stereocenters. The zero-order chi connectivity index (χ0) is 17.9. The average Bonchev–Trinajstić information content (AvgIpc) is 3.33. The Bertz CT molecular complexity index is 937. The molecule has 0 bridgehead atoms. The fourth-order valence-corrected chi connectivity index (χ4v) is 4.97. The van der Waals surface area contributed by atoms with Gasteiger partial charge in [0.15, 0.2) is 0 Å². The number of thiophene rings is 2.